The molecule has 1 unspecified atom stereocenters. The van der Waals surface area contributed by atoms with Gasteiger partial charge in [-0.1, -0.05) is 50.1 Å². The van der Waals surface area contributed by atoms with Gasteiger partial charge in [0.25, 0.3) is 0 Å². The molecule has 1 atom stereocenters. The van der Waals surface area contributed by atoms with E-state index in [1.54, 1.807) is 7.05 Å². The first kappa shape index (κ1) is 18.3. The van der Waals surface area contributed by atoms with Crippen molar-refractivity contribution in [1.29, 1.82) is 0 Å². The van der Waals surface area contributed by atoms with E-state index in [1.807, 2.05) is 0 Å². The van der Waals surface area contributed by atoms with Crippen molar-refractivity contribution in [2.24, 2.45) is 11.8 Å². The summed E-state index contributed by atoms with van der Waals surface area (Å²) in [6.45, 7) is 9.21. The van der Waals surface area contributed by atoms with Gasteiger partial charge in [-0.3, -0.25) is 0 Å². The van der Waals surface area contributed by atoms with Crippen LogP contribution in [0, 0.1) is 11.8 Å². The van der Waals surface area contributed by atoms with Crippen molar-refractivity contribution >= 4 is 11.2 Å². The molecule has 3 nitrogen and oxygen atoms in total. The fourth-order valence-electron chi connectivity index (χ4n) is 2.74. The van der Waals surface area contributed by atoms with Crippen LogP contribution in [0.1, 0.15) is 46.0 Å². The molecule has 2 N–H and O–H groups in total. The fourth-order valence-corrected chi connectivity index (χ4v) is 3.17. The van der Waals surface area contributed by atoms with E-state index in [1.165, 1.54) is 31.3 Å². The highest BCUT2D eigenvalue weighted by molar-refractivity contribution is 7.80. The maximum atomic E-state index is 11.2. The fraction of sp³-hybridized carbons (Fsp3) is 0.647. The Balaban J connectivity index is 2.38. The van der Waals surface area contributed by atoms with E-state index in [0.29, 0.717) is 12.5 Å². The first-order chi connectivity index (χ1) is 10.1. The third kappa shape index (κ3) is 7.21. The molecule has 0 radical (unpaired) electrons. The Labute approximate surface area is 132 Å². The second kappa shape index (κ2) is 10.1. The summed E-state index contributed by atoms with van der Waals surface area (Å²) in [5.41, 5.74) is 2.51. The molecule has 0 bridgehead atoms. The molecule has 21 heavy (non-hydrogen) atoms. The minimum Gasteiger partial charge on any atom is -0.228 e. The molecule has 0 spiro atoms. The topological polar surface area (TPSA) is 41.1 Å². The van der Waals surface area contributed by atoms with E-state index >= 15 is 0 Å². The van der Waals surface area contributed by atoms with E-state index in [-0.39, 0.29) is 0 Å². The maximum Gasteiger partial charge on any atom is 0.166 e. The van der Waals surface area contributed by atoms with Crippen LogP contribution in [0.3, 0.4) is 0 Å². The van der Waals surface area contributed by atoms with Gasteiger partial charge >= 0.3 is 0 Å². The zero-order valence-corrected chi connectivity index (χ0v) is 14.5. The summed E-state index contributed by atoms with van der Waals surface area (Å²) in [5, 5.41) is 0. The number of nitrogens with one attached hydrogen (secondary N) is 2. The summed E-state index contributed by atoms with van der Waals surface area (Å²) < 4.78 is 16.7. The summed E-state index contributed by atoms with van der Waals surface area (Å²) in [7, 11) is 1.67. The average Bonchev–Trinajstić information content (AvgIpc) is 2.49. The predicted molar refractivity (Wildman–Crippen MR) is 93.0 cm³/mol. The Kier molecular flexibility index (Phi) is 8.81. The van der Waals surface area contributed by atoms with E-state index in [4.69, 9.17) is 0 Å². The molecule has 0 aromatic rings. The minimum absolute atomic E-state index is 0.669. The van der Waals surface area contributed by atoms with Crippen LogP contribution in [0.2, 0.25) is 0 Å². The number of allylic oxidation sites excluding steroid dienone is 4. The SMILES string of the molecule is C=C(/C=C\C(=C/C)C1CCC(C)CC1)CCNS(=O)NC. The molecule has 1 fully saturated rings. The van der Waals surface area contributed by atoms with Gasteiger partial charge in [-0.2, -0.15) is 0 Å². The van der Waals surface area contributed by atoms with Gasteiger partial charge in [0.2, 0.25) is 0 Å². The van der Waals surface area contributed by atoms with Crippen molar-refractivity contribution < 1.29 is 4.21 Å². The molecule has 4 heteroatoms. The van der Waals surface area contributed by atoms with Crippen LogP contribution >= 0.6 is 0 Å². The van der Waals surface area contributed by atoms with Gasteiger partial charge in [0.1, 0.15) is 0 Å². The van der Waals surface area contributed by atoms with Gasteiger partial charge in [-0.25, -0.2) is 13.7 Å². The summed E-state index contributed by atoms with van der Waals surface area (Å²) in [6, 6.07) is 0. The van der Waals surface area contributed by atoms with Gasteiger partial charge in [0.15, 0.2) is 11.2 Å². The molecule has 0 heterocycles. The Bertz CT molecular complexity index is 407. The second-order valence-corrected chi connectivity index (χ2v) is 7.09. The highest BCUT2D eigenvalue weighted by atomic mass is 32.2. The molecule has 1 aliphatic rings. The molecule has 1 rings (SSSR count). The summed E-state index contributed by atoms with van der Waals surface area (Å²) in [5.74, 6) is 1.60. The van der Waals surface area contributed by atoms with Crippen molar-refractivity contribution in [1.82, 2.24) is 9.44 Å². The lowest BCUT2D eigenvalue weighted by Gasteiger charge is -2.27. The van der Waals surface area contributed by atoms with E-state index in [2.05, 4.69) is 48.1 Å². The zero-order valence-electron chi connectivity index (χ0n) is 13.7. The molecule has 120 valence electrons. The quantitative estimate of drug-likeness (QED) is 0.660. The van der Waals surface area contributed by atoms with Crippen LogP contribution in [-0.2, 0) is 11.2 Å². The molecule has 0 aromatic heterocycles. The van der Waals surface area contributed by atoms with E-state index < -0.39 is 11.2 Å². The smallest absolute Gasteiger partial charge is 0.166 e. The highest BCUT2D eigenvalue weighted by Gasteiger charge is 2.19. The van der Waals surface area contributed by atoms with Crippen LogP contribution in [0.25, 0.3) is 0 Å². The highest BCUT2D eigenvalue weighted by Crippen LogP contribution is 2.33. The van der Waals surface area contributed by atoms with E-state index in [9.17, 15) is 4.21 Å². The lowest BCUT2D eigenvalue weighted by Crippen LogP contribution is -2.28. The van der Waals surface area contributed by atoms with Crippen molar-refractivity contribution in [2.75, 3.05) is 13.6 Å². The van der Waals surface area contributed by atoms with Crippen LogP contribution in [0.15, 0.2) is 36.0 Å². The monoisotopic (exact) mass is 310 g/mol. The standard InChI is InChI=1S/C17H30N2OS/c1-5-16(17-10-7-14(2)8-11-17)9-6-15(3)12-13-19-21(20)18-4/h5-6,9,14,17-19H,3,7-8,10-13H2,1-2,4H3/b9-6-,16-5+. The van der Waals surface area contributed by atoms with E-state index in [0.717, 1.165) is 17.9 Å². The molecular weight excluding hydrogens is 280 g/mol. The second-order valence-electron chi connectivity index (χ2n) is 5.85. The van der Waals surface area contributed by atoms with Gasteiger partial charge in [-0.15, -0.1) is 0 Å². The van der Waals surface area contributed by atoms with Crippen molar-refractivity contribution in [3.63, 3.8) is 0 Å². The van der Waals surface area contributed by atoms with Gasteiger partial charge in [0.05, 0.1) is 0 Å². The van der Waals surface area contributed by atoms with Gasteiger partial charge < -0.3 is 0 Å². The molecule has 0 aliphatic heterocycles. The lowest BCUT2D eigenvalue weighted by atomic mass is 9.79. The Morgan fingerprint density at radius 2 is 1.95 bits per heavy atom. The normalized spacial score (nSPS) is 25.2. The summed E-state index contributed by atoms with van der Waals surface area (Å²) in [4.78, 5) is 0. The Morgan fingerprint density at radius 1 is 1.29 bits per heavy atom. The predicted octanol–water partition coefficient (Wildman–Crippen LogP) is 3.65. The third-order valence-corrected chi connectivity index (χ3v) is 5.03. The maximum absolute atomic E-state index is 11.2. The van der Waals surface area contributed by atoms with Crippen molar-refractivity contribution in [3.8, 4) is 0 Å². The number of hydrogen-bond acceptors (Lipinski definition) is 1. The Morgan fingerprint density at radius 3 is 2.52 bits per heavy atom. The van der Waals surface area contributed by atoms with Crippen LogP contribution in [0.5, 0.6) is 0 Å². The van der Waals surface area contributed by atoms with Gasteiger partial charge in [-0.05, 0) is 50.6 Å². The Hall–Kier alpha value is -0.710. The molecule has 0 amide bonds. The van der Waals surface area contributed by atoms with Crippen LogP contribution < -0.4 is 9.44 Å². The molecule has 1 aliphatic carbocycles. The molecular formula is C17H30N2OS. The third-order valence-electron chi connectivity index (χ3n) is 4.20. The number of hydrogen-bond donors (Lipinski definition) is 2. The molecule has 1 saturated carbocycles. The molecule has 0 saturated heterocycles. The average molecular weight is 311 g/mol. The number of rotatable bonds is 8. The van der Waals surface area contributed by atoms with Crippen LogP contribution in [-0.4, -0.2) is 17.8 Å². The first-order valence-electron chi connectivity index (χ1n) is 7.91. The minimum atomic E-state index is -1.14. The summed E-state index contributed by atoms with van der Waals surface area (Å²) in [6.07, 6.45) is 12.7. The van der Waals surface area contributed by atoms with Crippen molar-refractivity contribution in [2.45, 2.75) is 46.0 Å². The molecule has 0 aromatic carbocycles. The van der Waals surface area contributed by atoms with Gasteiger partial charge in [0, 0.05) is 6.54 Å². The van der Waals surface area contributed by atoms with Crippen LogP contribution in [0.4, 0.5) is 0 Å². The first-order valence-corrected chi connectivity index (χ1v) is 9.06. The van der Waals surface area contributed by atoms with Crippen molar-refractivity contribution in [3.05, 3.63) is 36.0 Å². The largest absolute Gasteiger partial charge is 0.228 e. The zero-order chi connectivity index (χ0) is 15.7. The lowest BCUT2D eigenvalue weighted by molar-refractivity contribution is 0.323. The summed E-state index contributed by atoms with van der Waals surface area (Å²) >= 11 is -1.14.